The zero-order chi connectivity index (χ0) is 25.4. The fourth-order valence-electron chi connectivity index (χ4n) is 5.71. The number of rotatable bonds is 7. The first-order valence-electron chi connectivity index (χ1n) is 13.1. The van der Waals surface area contributed by atoms with Crippen LogP contribution >= 0.6 is 0 Å². The highest BCUT2D eigenvalue weighted by Gasteiger charge is 2.45. The molecule has 7 heteroatoms. The smallest absolute Gasteiger partial charge is 0.255 e. The number of β-amino-alcohol motifs (C(OH)–C–C–N with tert-alkyl or cyclic N) is 1. The molecule has 2 fully saturated rings. The topological polar surface area (TPSA) is 89.9 Å². The minimum absolute atomic E-state index is 0.0885. The summed E-state index contributed by atoms with van der Waals surface area (Å²) >= 11 is 0. The quantitative estimate of drug-likeness (QED) is 0.625. The Balaban J connectivity index is 1.27. The van der Waals surface area contributed by atoms with Gasteiger partial charge in [0.2, 0.25) is 11.8 Å². The van der Waals surface area contributed by atoms with Crippen LogP contribution in [0.15, 0.2) is 48.5 Å². The van der Waals surface area contributed by atoms with E-state index in [-0.39, 0.29) is 36.6 Å². The van der Waals surface area contributed by atoms with Gasteiger partial charge in [-0.25, -0.2) is 0 Å². The fraction of sp³-hybridized carbons (Fsp3) is 0.483. The van der Waals surface area contributed by atoms with E-state index in [9.17, 15) is 19.5 Å². The Morgan fingerprint density at radius 3 is 2.44 bits per heavy atom. The second-order valence-electron chi connectivity index (χ2n) is 10.8. The van der Waals surface area contributed by atoms with Gasteiger partial charge in [0.05, 0.1) is 6.10 Å². The summed E-state index contributed by atoms with van der Waals surface area (Å²) in [4.78, 5) is 43.2. The Hall–Kier alpha value is -3.19. The van der Waals surface area contributed by atoms with Gasteiger partial charge in [-0.05, 0) is 47.4 Å². The largest absolute Gasteiger partial charge is 0.391 e. The third-order valence-corrected chi connectivity index (χ3v) is 7.96. The average molecular weight is 490 g/mol. The molecule has 1 saturated heterocycles. The van der Waals surface area contributed by atoms with E-state index < -0.39 is 18.2 Å². The standard InChI is InChI=1S/C29H35N3O4/c1-18(2)26(32-16-22-6-3-4-9-24(22)28(32)35)29(36)31-17-23(33)14-25(31)27(34)30-15-19-10-12-21(13-11-19)20-7-5-8-20/h3-4,6,9-13,18,20,23,25-26,33H,5,7-8,14-17H2,1-2H3,(H,30,34)/t23-,25+,26+/m1/s1. The summed E-state index contributed by atoms with van der Waals surface area (Å²) in [6.07, 6.45) is 3.21. The monoisotopic (exact) mass is 489 g/mol. The lowest BCUT2D eigenvalue weighted by Crippen LogP contribution is -2.55. The summed E-state index contributed by atoms with van der Waals surface area (Å²) < 4.78 is 0. The van der Waals surface area contributed by atoms with Gasteiger partial charge in [-0.3, -0.25) is 14.4 Å². The van der Waals surface area contributed by atoms with Crippen molar-refractivity contribution in [3.63, 3.8) is 0 Å². The van der Waals surface area contributed by atoms with E-state index in [1.54, 1.807) is 11.0 Å². The highest BCUT2D eigenvalue weighted by molar-refractivity contribution is 6.01. The van der Waals surface area contributed by atoms with Crippen LogP contribution in [0.25, 0.3) is 0 Å². The molecule has 1 saturated carbocycles. The zero-order valence-electron chi connectivity index (χ0n) is 21.0. The molecule has 2 aromatic rings. The van der Waals surface area contributed by atoms with Crippen LogP contribution in [-0.4, -0.2) is 57.4 Å². The molecule has 3 atom stereocenters. The fourth-order valence-corrected chi connectivity index (χ4v) is 5.71. The maximum atomic E-state index is 13.8. The Labute approximate surface area is 212 Å². The minimum atomic E-state index is -0.772. The molecule has 36 heavy (non-hydrogen) atoms. The van der Waals surface area contributed by atoms with E-state index in [0.717, 1.165) is 11.1 Å². The minimum Gasteiger partial charge on any atom is -0.391 e. The molecule has 2 heterocycles. The van der Waals surface area contributed by atoms with Crippen LogP contribution in [0, 0.1) is 5.92 Å². The van der Waals surface area contributed by atoms with Crippen LogP contribution in [0.2, 0.25) is 0 Å². The van der Waals surface area contributed by atoms with Crippen LogP contribution in [0.1, 0.15) is 72.5 Å². The lowest BCUT2D eigenvalue weighted by molar-refractivity contribution is -0.143. The average Bonchev–Trinajstić information content (AvgIpc) is 3.37. The highest BCUT2D eigenvalue weighted by atomic mass is 16.3. The van der Waals surface area contributed by atoms with E-state index in [2.05, 4.69) is 17.4 Å². The Kier molecular flexibility index (Phi) is 6.84. The van der Waals surface area contributed by atoms with E-state index in [0.29, 0.717) is 24.6 Å². The zero-order valence-corrected chi connectivity index (χ0v) is 21.0. The van der Waals surface area contributed by atoms with Crippen LogP contribution in [-0.2, 0) is 22.7 Å². The van der Waals surface area contributed by atoms with Gasteiger partial charge >= 0.3 is 0 Å². The number of fused-ring (bicyclic) bond motifs is 1. The predicted octanol–water partition coefficient (Wildman–Crippen LogP) is 3.21. The molecule has 0 radical (unpaired) electrons. The van der Waals surface area contributed by atoms with Gasteiger partial charge in [0, 0.05) is 31.6 Å². The number of nitrogens with one attached hydrogen (secondary N) is 1. The van der Waals surface area contributed by atoms with Crippen molar-refractivity contribution >= 4 is 17.7 Å². The Morgan fingerprint density at radius 1 is 1.08 bits per heavy atom. The molecular formula is C29H35N3O4. The van der Waals surface area contributed by atoms with Crippen molar-refractivity contribution in [1.29, 1.82) is 0 Å². The maximum Gasteiger partial charge on any atom is 0.255 e. The highest BCUT2D eigenvalue weighted by Crippen LogP contribution is 2.36. The van der Waals surface area contributed by atoms with Gasteiger partial charge in [0.15, 0.2) is 0 Å². The van der Waals surface area contributed by atoms with Crippen molar-refractivity contribution in [2.75, 3.05) is 6.54 Å². The molecule has 0 unspecified atom stereocenters. The first-order chi connectivity index (χ1) is 17.3. The maximum absolute atomic E-state index is 13.8. The molecule has 3 amide bonds. The molecule has 0 spiro atoms. The number of amides is 3. The normalized spacial score (nSPS) is 22.5. The SMILES string of the molecule is CC(C)[C@@H](C(=O)N1C[C@H](O)C[C@H]1C(=O)NCc1ccc(C2CCC2)cc1)N1Cc2ccccc2C1=O. The van der Waals surface area contributed by atoms with Crippen LogP contribution in [0.5, 0.6) is 0 Å². The lowest BCUT2D eigenvalue weighted by atomic mass is 9.80. The number of likely N-dealkylation sites (tertiary alicyclic amines) is 1. The molecule has 2 aliphatic heterocycles. The predicted molar refractivity (Wildman–Crippen MR) is 136 cm³/mol. The summed E-state index contributed by atoms with van der Waals surface area (Å²) in [7, 11) is 0. The number of benzene rings is 2. The molecule has 0 aromatic heterocycles. The summed E-state index contributed by atoms with van der Waals surface area (Å²) in [6, 6.07) is 14.3. The number of hydrogen-bond donors (Lipinski definition) is 2. The summed E-state index contributed by atoms with van der Waals surface area (Å²) in [5.41, 5.74) is 3.88. The number of hydrogen-bond acceptors (Lipinski definition) is 4. The van der Waals surface area contributed by atoms with Crippen molar-refractivity contribution in [2.24, 2.45) is 5.92 Å². The first kappa shape index (κ1) is 24.5. The van der Waals surface area contributed by atoms with Gasteiger partial charge in [0.1, 0.15) is 12.1 Å². The van der Waals surface area contributed by atoms with Crippen molar-refractivity contribution in [3.8, 4) is 0 Å². The van der Waals surface area contributed by atoms with E-state index >= 15 is 0 Å². The van der Waals surface area contributed by atoms with Crippen molar-refractivity contribution < 1.29 is 19.5 Å². The second-order valence-corrected chi connectivity index (χ2v) is 10.8. The van der Waals surface area contributed by atoms with Crippen molar-refractivity contribution in [3.05, 3.63) is 70.8 Å². The molecule has 1 aliphatic carbocycles. The molecule has 0 bridgehead atoms. The molecule has 3 aliphatic rings. The van der Waals surface area contributed by atoms with Crippen molar-refractivity contribution in [2.45, 2.75) is 76.7 Å². The van der Waals surface area contributed by atoms with E-state index in [1.807, 2.05) is 44.2 Å². The van der Waals surface area contributed by atoms with Gasteiger partial charge in [-0.15, -0.1) is 0 Å². The van der Waals surface area contributed by atoms with Gasteiger partial charge < -0.3 is 20.2 Å². The molecular weight excluding hydrogens is 454 g/mol. The van der Waals surface area contributed by atoms with Gasteiger partial charge in [0.25, 0.3) is 5.91 Å². The third kappa shape index (κ3) is 4.64. The number of carbonyl (C=O) groups excluding carboxylic acids is 3. The number of nitrogens with zero attached hydrogens (tertiary/aromatic N) is 2. The summed E-state index contributed by atoms with van der Waals surface area (Å²) in [6.45, 7) is 4.65. The van der Waals surface area contributed by atoms with Crippen LogP contribution in [0.4, 0.5) is 0 Å². The number of aliphatic hydroxyl groups is 1. The summed E-state index contributed by atoms with van der Waals surface area (Å²) in [5, 5.41) is 13.3. The molecule has 7 nitrogen and oxygen atoms in total. The molecule has 5 rings (SSSR count). The summed E-state index contributed by atoms with van der Waals surface area (Å²) in [5.74, 6) is -0.207. The lowest BCUT2D eigenvalue weighted by Gasteiger charge is -2.35. The van der Waals surface area contributed by atoms with Gasteiger partial charge in [-0.2, -0.15) is 0 Å². The van der Waals surface area contributed by atoms with E-state index in [4.69, 9.17) is 0 Å². The van der Waals surface area contributed by atoms with Crippen LogP contribution in [0.3, 0.4) is 0 Å². The van der Waals surface area contributed by atoms with E-state index in [1.165, 1.54) is 29.7 Å². The van der Waals surface area contributed by atoms with Crippen LogP contribution < -0.4 is 5.32 Å². The molecule has 190 valence electrons. The number of carbonyl (C=O) groups is 3. The van der Waals surface area contributed by atoms with Gasteiger partial charge in [-0.1, -0.05) is 62.7 Å². The molecule has 2 N–H and O–H groups in total. The Bertz CT molecular complexity index is 1140. The third-order valence-electron chi connectivity index (χ3n) is 7.96. The first-order valence-corrected chi connectivity index (χ1v) is 13.1. The second kappa shape index (κ2) is 10.1. The number of aliphatic hydroxyl groups excluding tert-OH is 1. The molecule has 2 aromatic carbocycles. The Morgan fingerprint density at radius 2 is 1.81 bits per heavy atom. The van der Waals surface area contributed by atoms with Crippen molar-refractivity contribution in [1.82, 2.24) is 15.1 Å².